The molecule has 2 aromatic carbocycles. The van der Waals surface area contributed by atoms with E-state index in [0.717, 1.165) is 33.4 Å². The smallest absolute Gasteiger partial charge is 0.339 e. The highest BCUT2D eigenvalue weighted by Gasteiger charge is 2.26. The molecule has 1 aliphatic rings. The van der Waals surface area contributed by atoms with Crippen LogP contribution < -0.4 is 10.2 Å². The van der Waals surface area contributed by atoms with Gasteiger partial charge in [-0.05, 0) is 89.3 Å². The van der Waals surface area contributed by atoms with E-state index >= 15 is 0 Å². The normalized spacial score (nSPS) is 12.9. The van der Waals surface area contributed by atoms with Gasteiger partial charge in [0.25, 0.3) is 0 Å². The van der Waals surface area contributed by atoms with Gasteiger partial charge in [0.2, 0.25) is 5.91 Å². The van der Waals surface area contributed by atoms with Crippen LogP contribution in [0.4, 0.5) is 5.69 Å². The van der Waals surface area contributed by atoms with E-state index in [1.54, 1.807) is 35.2 Å². The maximum absolute atomic E-state index is 12.5. The average Bonchev–Trinajstić information content (AvgIpc) is 2.74. The molecule has 0 saturated carbocycles. The number of rotatable bonds is 8. The number of carbonyl (C=O) groups is 2. The number of hydrogen-bond donors (Lipinski definition) is 2. The molecule has 1 heterocycles. The van der Waals surface area contributed by atoms with Crippen molar-refractivity contribution in [2.24, 2.45) is 0 Å². The van der Waals surface area contributed by atoms with Gasteiger partial charge >= 0.3 is 5.97 Å². The molecule has 1 amide bonds. The minimum absolute atomic E-state index is 0.0419. The van der Waals surface area contributed by atoms with Crippen molar-refractivity contribution in [1.29, 1.82) is 5.41 Å². The molecule has 150 valence electrons. The molecule has 0 aliphatic carbocycles. The molecular formula is C22H22IN3O3. The monoisotopic (exact) mass is 503 g/mol. The molecule has 0 spiro atoms. The van der Waals surface area contributed by atoms with Gasteiger partial charge < -0.3 is 10.1 Å². The highest BCUT2D eigenvalue weighted by atomic mass is 127. The fraction of sp³-hybridized carbons (Fsp3) is 0.273. The lowest BCUT2D eigenvalue weighted by molar-refractivity contribution is -0.119. The van der Waals surface area contributed by atoms with Crippen LogP contribution in [-0.2, 0) is 22.4 Å². The second-order valence-electron chi connectivity index (χ2n) is 6.62. The minimum Gasteiger partial charge on any atom is -0.440 e. The van der Waals surface area contributed by atoms with Gasteiger partial charge in [0.05, 0.1) is 11.3 Å². The lowest BCUT2D eigenvalue weighted by Crippen LogP contribution is -2.38. The highest BCUT2D eigenvalue weighted by molar-refractivity contribution is 14.1. The molecule has 0 unspecified atom stereocenters. The van der Waals surface area contributed by atoms with Crippen molar-refractivity contribution in [3.63, 3.8) is 0 Å². The molecular weight excluding hydrogens is 481 g/mol. The Hall–Kier alpha value is -2.48. The standard InChI is InChI=1S/C22H22IN3O3/c23-19-13-18-7-8-21(27)26(15-29-22(28)16-5-2-1-3-6-16)20(18)14-17(19)9-12-25-11-4-10-24/h1-6,13-14,24-25H,7-9,11-12,15H2. The number of esters is 1. The van der Waals surface area contributed by atoms with Gasteiger partial charge in [-0.2, -0.15) is 0 Å². The van der Waals surface area contributed by atoms with E-state index in [1.807, 2.05) is 12.1 Å². The maximum atomic E-state index is 12.5. The summed E-state index contributed by atoms with van der Waals surface area (Å²) in [7, 11) is 0. The number of benzene rings is 2. The van der Waals surface area contributed by atoms with Gasteiger partial charge in [-0.3, -0.25) is 15.1 Å². The van der Waals surface area contributed by atoms with Crippen LogP contribution in [0.15, 0.2) is 48.5 Å². The zero-order chi connectivity index (χ0) is 20.6. The number of aryl methyl sites for hydroxylation is 1. The Balaban J connectivity index is 1.72. The van der Waals surface area contributed by atoms with Crippen LogP contribution in [-0.4, -0.2) is 37.6 Å². The van der Waals surface area contributed by atoms with Gasteiger partial charge in [0.1, 0.15) is 0 Å². The Morgan fingerprint density at radius 3 is 2.83 bits per heavy atom. The summed E-state index contributed by atoms with van der Waals surface area (Å²) in [6, 6.07) is 12.9. The lowest BCUT2D eigenvalue weighted by Gasteiger charge is -2.30. The van der Waals surface area contributed by atoms with Crippen LogP contribution in [0.2, 0.25) is 0 Å². The number of hydrogen-bond acceptors (Lipinski definition) is 5. The van der Waals surface area contributed by atoms with E-state index in [4.69, 9.17) is 10.1 Å². The zero-order valence-corrected chi connectivity index (χ0v) is 18.1. The third-order valence-corrected chi connectivity index (χ3v) is 5.71. The Kier molecular flexibility index (Phi) is 7.57. The number of anilines is 1. The molecule has 2 aromatic rings. The molecule has 1 aliphatic heterocycles. The predicted molar refractivity (Wildman–Crippen MR) is 121 cm³/mol. The first kappa shape index (κ1) is 21.2. The second kappa shape index (κ2) is 10.3. The van der Waals surface area contributed by atoms with Gasteiger partial charge in [0, 0.05) is 16.5 Å². The van der Waals surface area contributed by atoms with Crippen molar-refractivity contribution in [3.8, 4) is 0 Å². The van der Waals surface area contributed by atoms with E-state index in [9.17, 15) is 9.59 Å². The largest absolute Gasteiger partial charge is 0.440 e. The van der Waals surface area contributed by atoms with Crippen LogP contribution in [0, 0.1) is 8.98 Å². The molecule has 29 heavy (non-hydrogen) atoms. The van der Waals surface area contributed by atoms with Gasteiger partial charge in [-0.15, -0.1) is 0 Å². The molecule has 0 bridgehead atoms. The Bertz CT molecular complexity index is 940. The Labute approximate surface area is 183 Å². The SMILES string of the molecule is N=C=CCNCCc1cc2c(cc1I)CCC(=O)N2COC(=O)c1ccccc1. The topological polar surface area (TPSA) is 82.5 Å². The van der Waals surface area contributed by atoms with Crippen LogP contribution in [0.3, 0.4) is 0 Å². The molecule has 7 heteroatoms. The quantitative estimate of drug-likeness (QED) is 0.251. The summed E-state index contributed by atoms with van der Waals surface area (Å²) < 4.78 is 6.57. The first-order valence-corrected chi connectivity index (χ1v) is 10.5. The number of amides is 1. The first-order valence-electron chi connectivity index (χ1n) is 9.38. The number of ether oxygens (including phenoxy) is 1. The molecule has 0 atom stereocenters. The van der Waals surface area contributed by atoms with Gasteiger partial charge in [-0.1, -0.05) is 18.2 Å². The number of halogens is 1. The van der Waals surface area contributed by atoms with Gasteiger partial charge in [0.15, 0.2) is 6.73 Å². The molecule has 2 N–H and O–H groups in total. The Morgan fingerprint density at radius 1 is 1.28 bits per heavy atom. The molecule has 3 rings (SSSR count). The van der Waals surface area contributed by atoms with E-state index in [2.05, 4.69) is 39.8 Å². The summed E-state index contributed by atoms with van der Waals surface area (Å²) in [5.41, 5.74) is 3.50. The first-order chi connectivity index (χ1) is 14.1. The van der Waals surface area contributed by atoms with Crippen LogP contribution in [0.1, 0.15) is 27.9 Å². The van der Waals surface area contributed by atoms with Crippen molar-refractivity contribution in [2.45, 2.75) is 19.3 Å². The van der Waals surface area contributed by atoms with E-state index in [0.29, 0.717) is 24.9 Å². The van der Waals surface area contributed by atoms with Crippen molar-refractivity contribution in [3.05, 3.63) is 68.8 Å². The second-order valence-corrected chi connectivity index (χ2v) is 7.79. The summed E-state index contributed by atoms with van der Waals surface area (Å²) in [6.45, 7) is 1.26. The fourth-order valence-electron chi connectivity index (χ4n) is 3.17. The minimum atomic E-state index is -0.445. The van der Waals surface area contributed by atoms with Crippen molar-refractivity contribution in [2.75, 3.05) is 24.7 Å². The lowest BCUT2D eigenvalue weighted by atomic mass is 9.98. The van der Waals surface area contributed by atoms with E-state index < -0.39 is 5.97 Å². The van der Waals surface area contributed by atoms with Crippen molar-refractivity contribution >= 4 is 46.0 Å². The number of nitrogens with one attached hydrogen (secondary N) is 2. The molecule has 6 nitrogen and oxygen atoms in total. The third-order valence-electron chi connectivity index (χ3n) is 4.70. The molecule has 0 saturated heterocycles. The number of carbonyl (C=O) groups excluding carboxylic acids is 2. The highest BCUT2D eigenvalue weighted by Crippen LogP contribution is 2.32. The van der Waals surface area contributed by atoms with Crippen LogP contribution in [0.25, 0.3) is 0 Å². The van der Waals surface area contributed by atoms with E-state index in [-0.39, 0.29) is 12.6 Å². The maximum Gasteiger partial charge on any atom is 0.339 e. The molecule has 0 fully saturated rings. The molecule has 0 aromatic heterocycles. The third kappa shape index (κ3) is 5.53. The number of fused-ring (bicyclic) bond motifs is 1. The summed E-state index contributed by atoms with van der Waals surface area (Å²) in [5.74, 6) is 1.75. The summed E-state index contributed by atoms with van der Waals surface area (Å²) >= 11 is 2.32. The average molecular weight is 503 g/mol. The van der Waals surface area contributed by atoms with E-state index in [1.165, 1.54) is 0 Å². The van der Waals surface area contributed by atoms with Crippen LogP contribution in [0.5, 0.6) is 0 Å². The Morgan fingerprint density at radius 2 is 2.07 bits per heavy atom. The molecule has 0 radical (unpaired) electrons. The summed E-state index contributed by atoms with van der Waals surface area (Å²) in [6.07, 6.45) is 3.52. The predicted octanol–water partition coefficient (Wildman–Crippen LogP) is 3.32. The van der Waals surface area contributed by atoms with Crippen molar-refractivity contribution in [1.82, 2.24) is 5.32 Å². The summed E-state index contributed by atoms with van der Waals surface area (Å²) in [4.78, 5) is 26.3. The zero-order valence-electron chi connectivity index (χ0n) is 15.9. The fourth-order valence-corrected chi connectivity index (χ4v) is 3.97. The van der Waals surface area contributed by atoms with Crippen molar-refractivity contribution < 1.29 is 14.3 Å². The number of nitrogens with zero attached hydrogens (tertiary/aromatic N) is 1. The summed E-state index contributed by atoms with van der Waals surface area (Å²) in [5, 5.41) is 10.1. The van der Waals surface area contributed by atoms with Gasteiger partial charge in [-0.25, -0.2) is 4.79 Å². The van der Waals surface area contributed by atoms with Crippen LogP contribution >= 0.6 is 22.6 Å².